The van der Waals surface area contributed by atoms with Gasteiger partial charge in [0.25, 0.3) is 0 Å². The second-order valence-corrected chi connectivity index (χ2v) is 5.02. The van der Waals surface area contributed by atoms with Crippen molar-refractivity contribution in [1.29, 1.82) is 0 Å². The maximum Gasteiger partial charge on any atom is 0.165 e. The molecule has 1 aliphatic rings. The number of nitrogens with two attached hydrogens (primary N) is 1. The molecule has 3 atom stereocenters. The summed E-state index contributed by atoms with van der Waals surface area (Å²) in [6.07, 6.45) is 4.91. The van der Waals surface area contributed by atoms with Crippen LogP contribution in [0.1, 0.15) is 18.9 Å². The molecule has 2 heterocycles. The predicted octanol–water partition coefficient (Wildman–Crippen LogP) is -0.0396. The van der Waals surface area contributed by atoms with Gasteiger partial charge >= 0.3 is 0 Å². The molecule has 7 nitrogen and oxygen atoms in total. The van der Waals surface area contributed by atoms with Crippen LogP contribution in [0.4, 0.5) is 5.82 Å². The molecule has 0 radical (unpaired) electrons. The maximum absolute atomic E-state index is 9.56. The van der Waals surface area contributed by atoms with Gasteiger partial charge in [0.2, 0.25) is 0 Å². The fraction of sp³-hybridized carbons (Fsp3) is 0.583. The Morgan fingerprint density at radius 2 is 2.05 bits per heavy atom. The van der Waals surface area contributed by atoms with Crippen LogP contribution < -0.4 is 5.73 Å². The van der Waals surface area contributed by atoms with E-state index in [4.69, 9.17) is 5.73 Å². The van der Waals surface area contributed by atoms with Crippen LogP contribution in [0, 0.1) is 11.8 Å². The summed E-state index contributed by atoms with van der Waals surface area (Å²) in [5.74, 6) is 0.520. The molecule has 1 fully saturated rings. The van der Waals surface area contributed by atoms with E-state index >= 15 is 0 Å². The monoisotopic (exact) mass is 263 g/mol. The standard InChI is InChI=1S/C12H17N5O2/c13-11-10-12(15-5-14-11)17(6-16-10)9-2-1-7(3-18)8(9)4-19/h5-9,18-19H,1-4H2,(H2,13,14,15)/t7-,8+,9+/m0/s1. The summed E-state index contributed by atoms with van der Waals surface area (Å²) in [5.41, 5.74) is 7.05. The summed E-state index contributed by atoms with van der Waals surface area (Å²) in [7, 11) is 0. The molecule has 1 saturated carbocycles. The number of rotatable bonds is 3. The van der Waals surface area contributed by atoms with Crippen LogP contribution in [0.15, 0.2) is 12.7 Å². The van der Waals surface area contributed by atoms with Crippen molar-refractivity contribution in [2.45, 2.75) is 18.9 Å². The molecule has 0 aromatic carbocycles. The fourth-order valence-electron chi connectivity index (χ4n) is 3.08. The number of hydrogen-bond acceptors (Lipinski definition) is 6. The maximum atomic E-state index is 9.56. The van der Waals surface area contributed by atoms with Gasteiger partial charge in [-0.05, 0) is 18.8 Å². The molecule has 2 aromatic rings. The van der Waals surface area contributed by atoms with Crippen LogP contribution in [-0.2, 0) is 0 Å². The zero-order valence-electron chi connectivity index (χ0n) is 10.5. The largest absolute Gasteiger partial charge is 0.396 e. The summed E-state index contributed by atoms with van der Waals surface area (Å²) < 4.78 is 1.95. The van der Waals surface area contributed by atoms with E-state index in [2.05, 4.69) is 15.0 Å². The van der Waals surface area contributed by atoms with Crippen LogP contribution >= 0.6 is 0 Å². The Labute approximate surface area is 110 Å². The molecule has 0 saturated heterocycles. The van der Waals surface area contributed by atoms with E-state index in [0.717, 1.165) is 12.8 Å². The molecule has 7 heteroatoms. The number of aromatic nitrogens is 4. The van der Waals surface area contributed by atoms with Crippen molar-refractivity contribution in [1.82, 2.24) is 19.5 Å². The summed E-state index contributed by atoms with van der Waals surface area (Å²) >= 11 is 0. The first kappa shape index (κ1) is 12.3. The molecule has 0 bridgehead atoms. The minimum absolute atomic E-state index is 0.0265. The molecule has 0 aliphatic heterocycles. The quantitative estimate of drug-likeness (QED) is 0.716. The van der Waals surface area contributed by atoms with Crippen molar-refractivity contribution in [3.8, 4) is 0 Å². The first-order chi connectivity index (χ1) is 9.26. The first-order valence-corrected chi connectivity index (χ1v) is 6.41. The Morgan fingerprint density at radius 1 is 1.21 bits per heavy atom. The smallest absolute Gasteiger partial charge is 0.165 e. The lowest BCUT2D eigenvalue weighted by Crippen LogP contribution is -2.23. The van der Waals surface area contributed by atoms with Gasteiger partial charge in [0.15, 0.2) is 11.5 Å². The molecule has 3 rings (SSSR count). The van der Waals surface area contributed by atoms with E-state index in [9.17, 15) is 10.2 Å². The van der Waals surface area contributed by atoms with Crippen molar-refractivity contribution in [3.05, 3.63) is 12.7 Å². The number of imidazole rings is 1. The highest BCUT2D eigenvalue weighted by Crippen LogP contribution is 2.41. The number of fused-ring (bicyclic) bond motifs is 1. The summed E-state index contributed by atoms with van der Waals surface area (Å²) in [5, 5.41) is 18.9. The lowest BCUT2D eigenvalue weighted by Gasteiger charge is -2.22. The lowest BCUT2D eigenvalue weighted by atomic mass is 9.95. The van der Waals surface area contributed by atoms with Gasteiger partial charge in [0.05, 0.1) is 6.33 Å². The van der Waals surface area contributed by atoms with E-state index in [1.807, 2.05) is 4.57 Å². The Bertz CT molecular complexity index is 585. The van der Waals surface area contributed by atoms with E-state index in [1.54, 1.807) is 6.33 Å². The summed E-state index contributed by atoms with van der Waals surface area (Å²) in [6.45, 7) is 0.154. The SMILES string of the molecule is Nc1ncnc2c1ncn2[C@@H]1CC[C@@H](CO)[C@H]1CO. The molecular weight excluding hydrogens is 246 g/mol. The predicted molar refractivity (Wildman–Crippen MR) is 69.2 cm³/mol. The van der Waals surface area contributed by atoms with Gasteiger partial charge in [-0.1, -0.05) is 0 Å². The van der Waals surface area contributed by atoms with E-state index in [0.29, 0.717) is 17.0 Å². The van der Waals surface area contributed by atoms with Crippen molar-refractivity contribution in [2.24, 2.45) is 11.8 Å². The van der Waals surface area contributed by atoms with Gasteiger partial charge in [-0.25, -0.2) is 15.0 Å². The molecule has 0 unspecified atom stereocenters. The molecule has 0 spiro atoms. The van der Waals surface area contributed by atoms with Gasteiger partial charge in [0, 0.05) is 25.2 Å². The van der Waals surface area contributed by atoms with E-state index in [-0.39, 0.29) is 31.1 Å². The first-order valence-electron chi connectivity index (χ1n) is 6.41. The number of nitrogen functional groups attached to an aromatic ring is 1. The number of hydrogen-bond donors (Lipinski definition) is 3. The van der Waals surface area contributed by atoms with Crippen molar-refractivity contribution in [3.63, 3.8) is 0 Å². The Kier molecular flexibility index (Phi) is 3.08. The third-order valence-corrected chi connectivity index (χ3v) is 4.12. The lowest BCUT2D eigenvalue weighted by molar-refractivity contribution is 0.121. The van der Waals surface area contributed by atoms with Gasteiger partial charge < -0.3 is 20.5 Å². The topological polar surface area (TPSA) is 110 Å². The molecular formula is C12H17N5O2. The Morgan fingerprint density at radius 3 is 2.79 bits per heavy atom. The third-order valence-electron chi connectivity index (χ3n) is 4.12. The Hall–Kier alpha value is -1.73. The Balaban J connectivity index is 2.03. The molecule has 1 aliphatic carbocycles. The molecule has 2 aromatic heterocycles. The summed E-state index contributed by atoms with van der Waals surface area (Å²) in [6, 6.07) is 0.0986. The number of aliphatic hydroxyl groups is 2. The van der Waals surface area contributed by atoms with Crippen LogP contribution in [0.3, 0.4) is 0 Å². The van der Waals surface area contributed by atoms with Crippen molar-refractivity contribution in [2.75, 3.05) is 18.9 Å². The van der Waals surface area contributed by atoms with Gasteiger partial charge in [-0.15, -0.1) is 0 Å². The third kappa shape index (κ3) is 1.85. The highest BCUT2D eigenvalue weighted by molar-refractivity contribution is 5.81. The average Bonchev–Trinajstić information content (AvgIpc) is 3.01. The molecule has 19 heavy (non-hydrogen) atoms. The number of anilines is 1. The van der Waals surface area contributed by atoms with Crippen molar-refractivity contribution >= 4 is 17.0 Å². The zero-order chi connectivity index (χ0) is 13.4. The van der Waals surface area contributed by atoms with Crippen molar-refractivity contribution < 1.29 is 10.2 Å². The minimum atomic E-state index is 0.0265. The minimum Gasteiger partial charge on any atom is -0.396 e. The summed E-state index contributed by atoms with van der Waals surface area (Å²) in [4.78, 5) is 12.4. The van der Waals surface area contributed by atoms with Crippen LogP contribution in [0.2, 0.25) is 0 Å². The second kappa shape index (κ2) is 4.75. The normalized spacial score (nSPS) is 27.2. The van der Waals surface area contributed by atoms with Crippen LogP contribution in [0.5, 0.6) is 0 Å². The highest BCUT2D eigenvalue weighted by Gasteiger charge is 2.37. The zero-order valence-corrected chi connectivity index (χ0v) is 10.5. The molecule has 102 valence electrons. The van der Waals surface area contributed by atoms with Crippen LogP contribution in [0.25, 0.3) is 11.2 Å². The highest BCUT2D eigenvalue weighted by atomic mass is 16.3. The number of aliphatic hydroxyl groups excluding tert-OH is 2. The fourth-order valence-corrected chi connectivity index (χ4v) is 3.08. The van der Waals surface area contributed by atoms with E-state index < -0.39 is 0 Å². The molecule has 0 amide bonds. The average molecular weight is 263 g/mol. The van der Waals surface area contributed by atoms with Gasteiger partial charge in [-0.2, -0.15) is 0 Å². The van der Waals surface area contributed by atoms with E-state index in [1.165, 1.54) is 6.33 Å². The molecule has 4 N–H and O–H groups in total. The van der Waals surface area contributed by atoms with Crippen LogP contribution in [-0.4, -0.2) is 42.9 Å². The van der Waals surface area contributed by atoms with Gasteiger partial charge in [0.1, 0.15) is 11.8 Å². The second-order valence-electron chi connectivity index (χ2n) is 5.02. The van der Waals surface area contributed by atoms with Gasteiger partial charge in [-0.3, -0.25) is 0 Å². The number of nitrogens with zero attached hydrogens (tertiary/aromatic N) is 4.